The molecule has 0 fully saturated rings. The fraction of sp³-hybridized carbons (Fsp3) is 0.735. The molecular weight excluding hydrogens is 775 g/mol. The van der Waals surface area contributed by atoms with Crippen molar-refractivity contribution in [2.75, 3.05) is 13.1 Å². The lowest BCUT2D eigenvalue weighted by Crippen LogP contribution is -2.25. The van der Waals surface area contributed by atoms with Crippen molar-refractivity contribution in [3.8, 4) is 11.1 Å². The summed E-state index contributed by atoms with van der Waals surface area (Å²) in [7, 11) is -7.55. The van der Waals surface area contributed by atoms with Crippen LogP contribution >= 0.6 is 0 Å². The van der Waals surface area contributed by atoms with E-state index >= 15 is 0 Å². The van der Waals surface area contributed by atoms with Gasteiger partial charge in [-0.05, 0) is 48.2 Å². The summed E-state index contributed by atoms with van der Waals surface area (Å²) in [4.78, 5) is 0.185. The fourth-order valence-corrected chi connectivity index (χ4v) is 10.6. The van der Waals surface area contributed by atoms with Gasteiger partial charge in [0, 0.05) is 24.2 Å². The van der Waals surface area contributed by atoms with Crippen LogP contribution in [-0.2, 0) is 20.0 Å². The van der Waals surface area contributed by atoms with E-state index in [0.29, 0.717) is 35.3 Å². The lowest BCUT2D eigenvalue weighted by atomic mass is 10.0. The zero-order valence-corrected chi connectivity index (χ0v) is 39.0. The van der Waals surface area contributed by atoms with Crippen molar-refractivity contribution >= 4 is 25.8 Å². The number of oxime groups is 1. The fourth-order valence-electron chi connectivity index (χ4n) is 8.42. The average molecular weight is 858 g/mol. The van der Waals surface area contributed by atoms with Gasteiger partial charge in [0.15, 0.2) is 0 Å². The molecule has 3 N–H and O–H groups in total. The van der Waals surface area contributed by atoms with Crippen LogP contribution in [-0.4, -0.2) is 40.8 Å². The smallest absolute Gasteiger partial charge is 0.240 e. The predicted molar refractivity (Wildman–Crippen MR) is 249 cm³/mol. The molecule has 2 aromatic carbocycles. The van der Waals surface area contributed by atoms with E-state index in [1.807, 2.05) is 0 Å². The second kappa shape index (κ2) is 30.7. The summed E-state index contributed by atoms with van der Waals surface area (Å²) in [5.74, 6) is 0. The molecule has 0 heterocycles. The number of hydrogen-bond acceptors (Lipinski definition) is 6. The standard InChI is InChI=1S/C49H83N3O5S2/c1-3-5-7-9-11-13-15-17-19-21-23-25-27-29-31-33-39-50-58(54,55)43-35-37-45-46-38-36-44(42-48(46)49(52-53)47(45)41-43)59(56,57)51-40-34-32-30-28-26-24-22-20-18-16-14-12-10-8-6-4-2/h35-38,41-42,50-51,53H,3-34,39-40H2,1-2H3. The van der Waals surface area contributed by atoms with Gasteiger partial charge in [0.05, 0.1) is 9.79 Å². The van der Waals surface area contributed by atoms with Crippen molar-refractivity contribution in [2.45, 2.75) is 229 Å². The van der Waals surface area contributed by atoms with Crippen molar-refractivity contribution in [3.63, 3.8) is 0 Å². The van der Waals surface area contributed by atoms with Gasteiger partial charge in [-0.2, -0.15) is 0 Å². The molecule has 59 heavy (non-hydrogen) atoms. The normalized spacial score (nSPS) is 12.6. The molecule has 0 aromatic heterocycles. The van der Waals surface area contributed by atoms with Crippen molar-refractivity contribution in [1.29, 1.82) is 0 Å². The maximum absolute atomic E-state index is 13.2. The third-order valence-electron chi connectivity index (χ3n) is 12.1. The molecule has 0 bridgehead atoms. The minimum atomic E-state index is -3.78. The van der Waals surface area contributed by atoms with Crippen LogP contribution in [0.2, 0.25) is 0 Å². The van der Waals surface area contributed by atoms with Gasteiger partial charge in [-0.25, -0.2) is 26.3 Å². The SMILES string of the molecule is CCCCCCCCCCCCCCCCCCNS(=O)(=O)c1ccc2c(c1)C(=NO)c1cc(S(=O)(=O)NCCCCCCCCCCCCCCCCCC)ccc1-2. The predicted octanol–water partition coefficient (Wildman–Crippen LogP) is 14.0. The van der Waals surface area contributed by atoms with Crippen LogP contribution in [0.4, 0.5) is 0 Å². The van der Waals surface area contributed by atoms with Crippen LogP contribution in [0.5, 0.6) is 0 Å². The molecule has 8 nitrogen and oxygen atoms in total. The average Bonchev–Trinajstić information content (AvgIpc) is 3.55. The van der Waals surface area contributed by atoms with Gasteiger partial charge in [-0.15, -0.1) is 0 Å². The molecule has 1 aliphatic rings. The van der Waals surface area contributed by atoms with E-state index in [2.05, 4.69) is 28.4 Å². The number of sulfonamides is 2. The van der Waals surface area contributed by atoms with Gasteiger partial charge in [-0.1, -0.05) is 224 Å². The number of fused-ring (bicyclic) bond motifs is 3. The molecule has 336 valence electrons. The van der Waals surface area contributed by atoms with Gasteiger partial charge in [0.25, 0.3) is 0 Å². The summed E-state index contributed by atoms with van der Waals surface area (Å²) in [6.07, 6.45) is 40.6. The zero-order chi connectivity index (χ0) is 42.4. The van der Waals surface area contributed by atoms with E-state index in [0.717, 1.165) is 38.5 Å². The Balaban J connectivity index is 1.30. The molecule has 3 rings (SSSR count). The van der Waals surface area contributed by atoms with Crippen LogP contribution in [0.1, 0.15) is 230 Å². The first-order chi connectivity index (χ1) is 28.7. The summed E-state index contributed by atoms with van der Waals surface area (Å²) in [5, 5.41) is 13.5. The summed E-state index contributed by atoms with van der Waals surface area (Å²) < 4.78 is 58.4. The highest BCUT2D eigenvalue weighted by Crippen LogP contribution is 2.39. The molecule has 1 aliphatic carbocycles. The van der Waals surface area contributed by atoms with Gasteiger partial charge < -0.3 is 5.21 Å². The first-order valence-corrected chi connectivity index (χ1v) is 27.2. The Kier molecular flexibility index (Phi) is 26.6. The maximum atomic E-state index is 13.2. The Morgan fingerprint density at radius 2 is 0.644 bits per heavy atom. The number of benzene rings is 2. The van der Waals surface area contributed by atoms with Gasteiger partial charge in [0.2, 0.25) is 20.0 Å². The molecular formula is C49H83N3O5S2. The molecule has 0 saturated heterocycles. The molecule has 0 atom stereocenters. The van der Waals surface area contributed by atoms with E-state index in [9.17, 15) is 22.0 Å². The molecule has 2 aromatic rings. The van der Waals surface area contributed by atoms with Crippen LogP contribution < -0.4 is 9.44 Å². The molecule has 0 unspecified atom stereocenters. The Morgan fingerprint density at radius 3 is 0.898 bits per heavy atom. The van der Waals surface area contributed by atoms with Crippen molar-refractivity contribution in [3.05, 3.63) is 47.5 Å². The quantitative estimate of drug-likeness (QED) is 0.0301. The third-order valence-corrected chi connectivity index (χ3v) is 15.1. The van der Waals surface area contributed by atoms with Crippen LogP contribution in [0, 0.1) is 0 Å². The van der Waals surface area contributed by atoms with Crippen LogP contribution in [0.25, 0.3) is 11.1 Å². The van der Waals surface area contributed by atoms with E-state index in [4.69, 9.17) is 0 Å². The zero-order valence-electron chi connectivity index (χ0n) is 37.3. The molecule has 0 aliphatic heterocycles. The second-order valence-corrected chi connectivity index (χ2v) is 20.8. The number of nitrogens with one attached hydrogen (secondary N) is 2. The number of hydrogen-bond donors (Lipinski definition) is 3. The number of unbranched alkanes of at least 4 members (excludes halogenated alkanes) is 30. The lowest BCUT2D eigenvalue weighted by Gasteiger charge is -2.09. The van der Waals surface area contributed by atoms with Crippen LogP contribution in [0.3, 0.4) is 0 Å². The largest absolute Gasteiger partial charge is 0.410 e. The summed E-state index contributed by atoms with van der Waals surface area (Å²) >= 11 is 0. The first kappa shape index (κ1) is 51.1. The molecule has 0 amide bonds. The molecule has 0 saturated carbocycles. The van der Waals surface area contributed by atoms with Crippen LogP contribution in [0.15, 0.2) is 51.3 Å². The van der Waals surface area contributed by atoms with Crippen molar-refractivity contribution in [1.82, 2.24) is 9.44 Å². The van der Waals surface area contributed by atoms with Crippen molar-refractivity contribution in [2.24, 2.45) is 5.16 Å². The highest BCUT2D eigenvalue weighted by molar-refractivity contribution is 7.89. The monoisotopic (exact) mass is 858 g/mol. The van der Waals surface area contributed by atoms with Crippen molar-refractivity contribution < 1.29 is 22.0 Å². The Bertz CT molecular complexity index is 1560. The topological polar surface area (TPSA) is 125 Å². The number of rotatable bonds is 38. The van der Waals surface area contributed by atoms with Gasteiger partial charge in [0.1, 0.15) is 5.71 Å². The Morgan fingerprint density at radius 1 is 0.390 bits per heavy atom. The summed E-state index contributed by atoms with van der Waals surface area (Å²) in [6, 6.07) is 9.57. The molecule has 10 heteroatoms. The second-order valence-electron chi connectivity index (χ2n) is 17.3. The highest BCUT2D eigenvalue weighted by Gasteiger charge is 2.29. The number of nitrogens with zero attached hydrogens (tertiary/aromatic N) is 1. The Hall–Kier alpha value is -2.27. The van der Waals surface area contributed by atoms with E-state index in [1.165, 1.54) is 179 Å². The molecule has 0 radical (unpaired) electrons. The summed E-state index contributed by atoms with van der Waals surface area (Å²) in [6.45, 7) is 5.27. The highest BCUT2D eigenvalue weighted by atomic mass is 32.2. The minimum Gasteiger partial charge on any atom is -0.410 e. The summed E-state index contributed by atoms with van der Waals surface area (Å²) in [5.41, 5.74) is 2.50. The van der Waals surface area contributed by atoms with Gasteiger partial charge >= 0.3 is 0 Å². The van der Waals surface area contributed by atoms with E-state index in [-0.39, 0.29) is 15.5 Å². The van der Waals surface area contributed by atoms with Gasteiger partial charge in [-0.3, -0.25) is 0 Å². The van der Waals surface area contributed by atoms with E-state index in [1.54, 1.807) is 24.3 Å². The maximum Gasteiger partial charge on any atom is 0.240 e. The first-order valence-electron chi connectivity index (χ1n) is 24.3. The molecule has 0 spiro atoms. The minimum absolute atomic E-state index is 0.0926. The van der Waals surface area contributed by atoms with E-state index < -0.39 is 20.0 Å². The third kappa shape index (κ3) is 20.0. The lowest BCUT2D eigenvalue weighted by molar-refractivity contribution is 0.320. The Labute approximate surface area is 361 Å².